The molecular formula is C15H23N3O. The fourth-order valence-electron chi connectivity index (χ4n) is 2.69. The third-order valence-corrected chi connectivity index (χ3v) is 3.63. The molecule has 4 heteroatoms. The molecule has 4 nitrogen and oxygen atoms in total. The summed E-state index contributed by atoms with van der Waals surface area (Å²) in [5, 5.41) is 0. The maximum Gasteiger partial charge on any atom is 0.241 e. The molecule has 1 aromatic rings. The molecule has 104 valence electrons. The Morgan fingerprint density at radius 2 is 2.21 bits per heavy atom. The number of likely N-dealkylation sites (N-methyl/N-ethyl adjacent to an activating group) is 1. The fraction of sp³-hybridized carbons (Fsp3) is 0.533. The van der Waals surface area contributed by atoms with Crippen molar-refractivity contribution in [2.45, 2.75) is 25.8 Å². The quantitative estimate of drug-likeness (QED) is 0.867. The minimum atomic E-state index is 0.178. The van der Waals surface area contributed by atoms with Crippen LogP contribution in [0.3, 0.4) is 0 Å². The second-order valence-corrected chi connectivity index (χ2v) is 5.33. The molecule has 0 radical (unpaired) electrons. The first-order valence-electron chi connectivity index (χ1n) is 6.92. The SMILES string of the molecule is CC1Cc2ccccc2N1C(=O)CN(C)CCCN. The molecule has 1 aromatic carbocycles. The van der Waals surface area contributed by atoms with Crippen molar-refractivity contribution < 1.29 is 4.79 Å². The Kier molecular flexibility index (Phi) is 4.56. The van der Waals surface area contributed by atoms with E-state index in [2.05, 4.69) is 13.0 Å². The van der Waals surface area contributed by atoms with Gasteiger partial charge in [0, 0.05) is 11.7 Å². The topological polar surface area (TPSA) is 49.6 Å². The number of anilines is 1. The van der Waals surface area contributed by atoms with Crippen LogP contribution >= 0.6 is 0 Å². The molecule has 0 aromatic heterocycles. The zero-order valence-corrected chi connectivity index (χ0v) is 11.8. The van der Waals surface area contributed by atoms with Gasteiger partial charge in [0.2, 0.25) is 5.91 Å². The first-order chi connectivity index (χ1) is 9.13. The summed E-state index contributed by atoms with van der Waals surface area (Å²) in [4.78, 5) is 16.4. The number of carbonyl (C=O) groups is 1. The van der Waals surface area contributed by atoms with Gasteiger partial charge in [-0.1, -0.05) is 18.2 Å². The smallest absolute Gasteiger partial charge is 0.241 e. The summed E-state index contributed by atoms with van der Waals surface area (Å²) >= 11 is 0. The van der Waals surface area contributed by atoms with Crippen LogP contribution in [-0.2, 0) is 11.2 Å². The van der Waals surface area contributed by atoms with E-state index in [0.29, 0.717) is 13.1 Å². The number of fused-ring (bicyclic) bond motifs is 1. The van der Waals surface area contributed by atoms with Gasteiger partial charge in [-0.05, 0) is 51.5 Å². The van der Waals surface area contributed by atoms with Gasteiger partial charge in [-0.3, -0.25) is 9.69 Å². The van der Waals surface area contributed by atoms with Gasteiger partial charge >= 0.3 is 0 Å². The summed E-state index contributed by atoms with van der Waals surface area (Å²) < 4.78 is 0. The van der Waals surface area contributed by atoms with Crippen molar-refractivity contribution in [3.05, 3.63) is 29.8 Å². The number of para-hydroxylation sites is 1. The molecule has 0 fully saturated rings. The average molecular weight is 261 g/mol. The van der Waals surface area contributed by atoms with Crippen LogP contribution < -0.4 is 10.6 Å². The van der Waals surface area contributed by atoms with E-state index in [0.717, 1.165) is 25.1 Å². The van der Waals surface area contributed by atoms with E-state index in [-0.39, 0.29) is 11.9 Å². The zero-order chi connectivity index (χ0) is 13.8. The molecule has 0 aliphatic carbocycles. The van der Waals surface area contributed by atoms with Gasteiger partial charge in [-0.25, -0.2) is 0 Å². The Morgan fingerprint density at radius 3 is 2.95 bits per heavy atom. The highest BCUT2D eigenvalue weighted by atomic mass is 16.2. The number of hydrogen-bond acceptors (Lipinski definition) is 3. The normalized spacial score (nSPS) is 17.9. The largest absolute Gasteiger partial charge is 0.330 e. The molecule has 1 aliphatic heterocycles. The molecular weight excluding hydrogens is 238 g/mol. The molecule has 0 saturated carbocycles. The highest BCUT2D eigenvalue weighted by molar-refractivity contribution is 5.97. The van der Waals surface area contributed by atoms with E-state index in [1.807, 2.05) is 35.0 Å². The van der Waals surface area contributed by atoms with Crippen molar-refractivity contribution in [2.75, 3.05) is 31.6 Å². The van der Waals surface area contributed by atoms with Crippen molar-refractivity contribution in [2.24, 2.45) is 5.73 Å². The van der Waals surface area contributed by atoms with Gasteiger partial charge in [-0.2, -0.15) is 0 Å². The average Bonchev–Trinajstić information content (AvgIpc) is 2.72. The second-order valence-electron chi connectivity index (χ2n) is 5.33. The van der Waals surface area contributed by atoms with Crippen molar-refractivity contribution in [3.8, 4) is 0 Å². The van der Waals surface area contributed by atoms with Crippen LogP contribution in [0.5, 0.6) is 0 Å². The van der Waals surface area contributed by atoms with Crippen LogP contribution in [0.25, 0.3) is 0 Å². The van der Waals surface area contributed by atoms with E-state index in [1.54, 1.807) is 0 Å². The van der Waals surface area contributed by atoms with Gasteiger partial charge in [0.1, 0.15) is 0 Å². The number of rotatable bonds is 5. The lowest BCUT2D eigenvalue weighted by molar-refractivity contribution is -0.119. The molecule has 0 spiro atoms. The molecule has 2 N–H and O–H groups in total. The van der Waals surface area contributed by atoms with Crippen molar-refractivity contribution >= 4 is 11.6 Å². The first-order valence-corrected chi connectivity index (χ1v) is 6.92. The van der Waals surface area contributed by atoms with Crippen LogP contribution in [0.4, 0.5) is 5.69 Å². The molecule has 1 aliphatic rings. The van der Waals surface area contributed by atoms with Crippen molar-refractivity contribution in [3.63, 3.8) is 0 Å². The molecule has 1 heterocycles. The van der Waals surface area contributed by atoms with E-state index in [1.165, 1.54) is 5.56 Å². The molecule has 2 rings (SSSR count). The lowest BCUT2D eigenvalue weighted by Crippen LogP contribution is -2.42. The number of benzene rings is 1. The Balaban J connectivity index is 2.03. The summed E-state index contributed by atoms with van der Waals surface area (Å²) in [7, 11) is 1.97. The predicted octanol–water partition coefficient (Wildman–Crippen LogP) is 1.24. The van der Waals surface area contributed by atoms with E-state index < -0.39 is 0 Å². The van der Waals surface area contributed by atoms with Gasteiger partial charge in [0.25, 0.3) is 0 Å². The number of nitrogens with two attached hydrogens (primary N) is 1. The Morgan fingerprint density at radius 1 is 1.47 bits per heavy atom. The summed E-state index contributed by atoms with van der Waals surface area (Å²) in [5.74, 6) is 0.178. The van der Waals surface area contributed by atoms with Crippen molar-refractivity contribution in [1.82, 2.24) is 4.90 Å². The van der Waals surface area contributed by atoms with E-state index >= 15 is 0 Å². The lowest BCUT2D eigenvalue weighted by Gasteiger charge is -2.25. The predicted molar refractivity (Wildman–Crippen MR) is 78.3 cm³/mol. The van der Waals surface area contributed by atoms with Crippen molar-refractivity contribution in [1.29, 1.82) is 0 Å². The summed E-state index contributed by atoms with van der Waals surface area (Å²) in [6.07, 6.45) is 1.88. The molecule has 1 amide bonds. The van der Waals surface area contributed by atoms with Crippen LogP contribution in [0, 0.1) is 0 Å². The third-order valence-electron chi connectivity index (χ3n) is 3.63. The first kappa shape index (κ1) is 14.0. The fourth-order valence-corrected chi connectivity index (χ4v) is 2.69. The van der Waals surface area contributed by atoms with E-state index in [4.69, 9.17) is 5.73 Å². The van der Waals surface area contributed by atoms with Gasteiger partial charge in [0.15, 0.2) is 0 Å². The van der Waals surface area contributed by atoms with Gasteiger partial charge in [-0.15, -0.1) is 0 Å². The minimum Gasteiger partial charge on any atom is -0.330 e. The molecule has 0 bridgehead atoms. The standard InChI is InChI=1S/C15H23N3O/c1-12-10-13-6-3-4-7-14(13)18(12)15(19)11-17(2)9-5-8-16/h3-4,6-7,12H,5,8-11,16H2,1-2H3. The number of nitrogens with zero attached hydrogens (tertiary/aromatic N) is 2. The summed E-state index contributed by atoms with van der Waals surface area (Å²) in [5.41, 5.74) is 7.84. The van der Waals surface area contributed by atoms with Crippen LogP contribution in [0.2, 0.25) is 0 Å². The van der Waals surface area contributed by atoms with Gasteiger partial charge < -0.3 is 10.6 Å². The highest BCUT2D eigenvalue weighted by Gasteiger charge is 2.30. The maximum absolute atomic E-state index is 12.4. The molecule has 1 atom stereocenters. The third kappa shape index (κ3) is 3.14. The Hall–Kier alpha value is -1.39. The van der Waals surface area contributed by atoms with Crippen LogP contribution in [0.15, 0.2) is 24.3 Å². The van der Waals surface area contributed by atoms with E-state index in [9.17, 15) is 4.79 Å². The number of hydrogen-bond donors (Lipinski definition) is 1. The molecule has 1 unspecified atom stereocenters. The molecule has 0 saturated heterocycles. The number of amides is 1. The maximum atomic E-state index is 12.4. The summed E-state index contributed by atoms with van der Waals surface area (Å²) in [6, 6.07) is 8.43. The second kappa shape index (κ2) is 6.17. The summed E-state index contributed by atoms with van der Waals surface area (Å²) in [6.45, 7) is 4.10. The van der Waals surface area contributed by atoms with Crippen LogP contribution in [-0.4, -0.2) is 43.5 Å². The molecule has 19 heavy (non-hydrogen) atoms. The van der Waals surface area contributed by atoms with Gasteiger partial charge in [0.05, 0.1) is 6.54 Å². The Bertz CT molecular complexity index is 447. The lowest BCUT2D eigenvalue weighted by atomic mass is 10.1. The monoisotopic (exact) mass is 261 g/mol. The van der Waals surface area contributed by atoms with Crippen LogP contribution in [0.1, 0.15) is 18.9 Å². The highest BCUT2D eigenvalue weighted by Crippen LogP contribution is 2.31. The minimum absolute atomic E-state index is 0.178. The Labute approximate surface area is 115 Å². The zero-order valence-electron chi connectivity index (χ0n) is 11.8. The number of carbonyl (C=O) groups excluding carboxylic acids is 1.